The van der Waals surface area contributed by atoms with Crippen LogP contribution in [0.25, 0.3) is 0 Å². The van der Waals surface area contributed by atoms with Gasteiger partial charge < -0.3 is 9.64 Å². The Bertz CT molecular complexity index is 1550. The van der Waals surface area contributed by atoms with Crippen molar-refractivity contribution in [1.82, 2.24) is 4.90 Å². The minimum Gasteiger partial charge on any atom is -0.358 e. The van der Waals surface area contributed by atoms with Gasteiger partial charge in [0.15, 0.2) is 0 Å². The van der Waals surface area contributed by atoms with Crippen molar-refractivity contribution in [2.24, 2.45) is 0 Å². The molecule has 1 aliphatic carbocycles. The second-order valence-corrected chi connectivity index (χ2v) is 13.7. The van der Waals surface area contributed by atoms with Crippen molar-refractivity contribution >= 4 is 44.8 Å². The van der Waals surface area contributed by atoms with Crippen LogP contribution in [0.1, 0.15) is 55.9 Å². The van der Waals surface area contributed by atoms with Gasteiger partial charge in [-0.3, -0.25) is 9.10 Å². The molecule has 5 rings (SSSR count). The fraction of sp³-hybridized carbons (Fsp3) is 0.344. The molecule has 222 valence electrons. The molecule has 1 heterocycles. The van der Waals surface area contributed by atoms with Crippen molar-refractivity contribution in [3.63, 3.8) is 0 Å². The summed E-state index contributed by atoms with van der Waals surface area (Å²) in [7, 11) is -3.87. The lowest BCUT2D eigenvalue weighted by molar-refractivity contribution is -0.178. The number of ether oxygens (including phenoxy) is 1. The summed E-state index contributed by atoms with van der Waals surface area (Å²) in [4.78, 5) is 16.0. The number of nitrogens with zero attached hydrogens (tertiary/aromatic N) is 2. The molecule has 2 aliphatic rings. The Kier molecular flexibility index (Phi) is 9.28. The van der Waals surface area contributed by atoms with E-state index < -0.39 is 45.4 Å². The van der Waals surface area contributed by atoms with Crippen molar-refractivity contribution in [3.8, 4) is 0 Å². The van der Waals surface area contributed by atoms with Gasteiger partial charge in [-0.05, 0) is 66.8 Å². The number of carbonyl (C=O) groups is 1. The lowest BCUT2D eigenvalue weighted by Crippen LogP contribution is -2.57. The number of benzene rings is 3. The molecule has 3 aromatic carbocycles. The first-order valence-corrected chi connectivity index (χ1v) is 16.3. The van der Waals surface area contributed by atoms with Crippen LogP contribution in [0.3, 0.4) is 0 Å². The van der Waals surface area contributed by atoms with Crippen LogP contribution in [0.15, 0.2) is 85.5 Å². The van der Waals surface area contributed by atoms with Crippen LogP contribution >= 0.6 is 23.2 Å². The van der Waals surface area contributed by atoms with Gasteiger partial charge in [0.1, 0.15) is 18.0 Å². The van der Waals surface area contributed by atoms with Gasteiger partial charge in [0.05, 0.1) is 29.6 Å². The Hall–Kier alpha value is -2.91. The van der Waals surface area contributed by atoms with Gasteiger partial charge in [0, 0.05) is 16.5 Å². The quantitative estimate of drug-likeness (QED) is 0.206. The molecule has 0 radical (unpaired) electrons. The number of rotatable bonds is 11. The van der Waals surface area contributed by atoms with E-state index >= 15 is 4.39 Å². The fourth-order valence-corrected chi connectivity index (χ4v) is 7.78. The van der Waals surface area contributed by atoms with Crippen LogP contribution in [-0.4, -0.2) is 43.2 Å². The van der Waals surface area contributed by atoms with Gasteiger partial charge in [0.25, 0.3) is 5.91 Å². The van der Waals surface area contributed by atoms with Gasteiger partial charge in [-0.2, -0.15) is 0 Å². The molecular weight excluding hydrogens is 598 g/mol. The summed E-state index contributed by atoms with van der Waals surface area (Å²) < 4.78 is 50.2. The molecule has 0 unspecified atom stereocenters. The molecule has 0 spiro atoms. The van der Waals surface area contributed by atoms with Crippen LogP contribution in [0.4, 0.5) is 10.1 Å². The number of anilines is 1. The van der Waals surface area contributed by atoms with Crippen LogP contribution in [0.5, 0.6) is 0 Å². The number of carbonyl (C=O) groups excluding carboxylic acids is 1. The van der Waals surface area contributed by atoms with E-state index in [0.29, 0.717) is 29.3 Å². The molecular formula is C32H33Cl2FN2O4S. The number of halogens is 3. The topological polar surface area (TPSA) is 66.9 Å². The highest BCUT2D eigenvalue weighted by molar-refractivity contribution is 7.93. The second-order valence-electron chi connectivity index (χ2n) is 10.7. The maximum absolute atomic E-state index is 15.1. The van der Waals surface area contributed by atoms with Crippen molar-refractivity contribution < 1.29 is 22.3 Å². The molecule has 2 fully saturated rings. The zero-order chi connectivity index (χ0) is 30.0. The number of morpholine rings is 1. The molecule has 4 atom stereocenters. The van der Waals surface area contributed by atoms with E-state index in [1.54, 1.807) is 41.3 Å². The summed E-state index contributed by atoms with van der Waals surface area (Å²) in [6, 6.07) is 19.0. The molecule has 0 N–H and O–H groups in total. The summed E-state index contributed by atoms with van der Waals surface area (Å²) >= 11 is 12.6. The van der Waals surface area contributed by atoms with Crippen molar-refractivity contribution in [2.75, 3.05) is 10.8 Å². The van der Waals surface area contributed by atoms with E-state index in [0.717, 1.165) is 15.4 Å². The highest BCUT2D eigenvalue weighted by Crippen LogP contribution is 2.45. The van der Waals surface area contributed by atoms with E-state index in [4.69, 9.17) is 27.9 Å². The molecule has 0 aromatic heterocycles. The summed E-state index contributed by atoms with van der Waals surface area (Å²) in [5.74, 6) is -0.933. The highest BCUT2D eigenvalue weighted by atomic mass is 35.5. The predicted octanol–water partition coefficient (Wildman–Crippen LogP) is 7.50. The zero-order valence-electron chi connectivity index (χ0n) is 23.2. The third-order valence-electron chi connectivity index (χ3n) is 7.81. The normalized spacial score (nSPS) is 21.7. The lowest BCUT2D eigenvalue weighted by Gasteiger charge is -2.49. The Morgan fingerprint density at radius 2 is 1.76 bits per heavy atom. The Morgan fingerprint density at radius 3 is 2.38 bits per heavy atom. The average molecular weight is 632 g/mol. The SMILES string of the molecule is C=CC[C@H]1O[C@H](c2cccc(Cl)c2)[C@@H](c2ccc(Cl)cc2)N([C@H](CC)CN(c2ccccc2F)S(=O)(=O)C2CC2)C1=O. The molecule has 0 bridgehead atoms. The number of hydrogen-bond donors (Lipinski definition) is 0. The second kappa shape index (κ2) is 12.8. The molecule has 1 amide bonds. The molecule has 3 aromatic rings. The van der Waals surface area contributed by atoms with Crippen LogP contribution in [0, 0.1) is 5.82 Å². The number of para-hydroxylation sites is 1. The molecule has 1 saturated carbocycles. The number of hydrogen-bond acceptors (Lipinski definition) is 4. The molecule has 1 aliphatic heterocycles. The number of amides is 1. The van der Waals surface area contributed by atoms with Crippen molar-refractivity contribution in [2.45, 2.75) is 62.1 Å². The third-order valence-corrected chi connectivity index (χ3v) is 10.6. The Balaban J connectivity index is 1.65. The van der Waals surface area contributed by atoms with E-state index in [1.165, 1.54) is 18.2 Å². The van der Waals surface area contributed by atoms with Gasteiger partial charge in [-0.25, -0.2) is 12.8 Å². The van der Waals surface area contributed by atoms with E-state index in [9.17, 15) is 13.2 Å². The van der Waals surface area contributed by atoms with E-state index in [-0.39, 0.29) is 24.6 Å². The molecule has 42 heavy (non-hydrogen) atoms. The van der Waals surface area contributed by atoms with Gasteiger partial charge in [0.2, 0.25) is 10.0 Å². The van der Waals surface area contributed by atoms with Crippen LogP contribution < -0.4 is 4.31 Å². The summed E-state index contributed by atoms with van der Waals surface area (Å²) in [6.45, 7) is 5.60. The van der Waals surface area contributed by atoms with Gasteiger partial charge >= 0.3 is 0 Å². The summed E-state index contributed by atoms with van der Waals surface area (Å²) in [5.41, 5.74) is 1.50. The maximum Gasteiger partial charge on any atom is 0.252 e. The summed E-state index contributed by atoms with van der Waals surface area (Å²) in [6.07, 6.45) is 1.84. The van der Waals surface area contributed by atoms with Crippen molar-refractivity contribution in [3.05, 3.63) is 112 Å². The maximum atomic E-state index is 15.1. The standard InChI is InChI=1S/C32H33Cl2FN2O4S/c1-3-8-29-32(38)37(25(4-2)20-36(42(39,40)26-17-18-26)28-12-6-5-11-27(28)35)30(21-13-15-23(33)16-14-21)31(41-29)22-9-7-10-24(34)19-22/h3,5-7,9-16,19,25-26,29-31H,1,4,8,17-18,20H2,2H3/t25-,29-,30-,31-/m1/s1. The smallest absolute Gasteiger partial charge is 0.252 e. The third kappa shape index (κ3) is 6.23. The first-order valence-electron chi connectivity index (χ1n) is 14.0. The summed E-state index contributed by atoms with van der Waals surface area (Å²) in [5, 5.41) is 0.475. The largest absolute Gasteiger partial charge is 0.358 e. The monoisotopic (exact) mass is 630 g/mol. The van der Waals surface area contributed by atoms with E-state index in [2.05, 4.69) is 6.58 Å². The average Bonchev–Trinajstić information content (AvgIpc) is 3.83. The minimum atomic E-state index is -3.87. The lowest BCUT2D eigenvalue weighted by atomic mass is 9.89. The number of sulfonamides is 1. The van der Waals surface area contributed by atoms with Crippen LogP contribution in [0.2, 0.25) is 10.0 Å². The van der Waals surface area contributed by atoms with E-state index in [1.807, 2.05) is 31.2 Å². The Morgan fingerprint density at radius 1 is 1.05 bits per heavy atom. The van der Waals surface area contributed by atoms with Gasteiger partial charge in [-0.15, -0.1) is 6.58 Å². The minimum absolute atomic E-state index is 0.0272. The zero-order valence-corrected chi connectivity index (χ0v) is 25.5. The van der Waals surface area contributed by atoms with Gasteiger partial charge in [-0.1, -0.05) is 72.6 Å². The molecule has 10 heteroatoms. The molecule has 6 nitrogen and oxygen atoms in total. The first kappa shape index (κ1) is 30.5. The predicted molar refractivity (Wildman–Crippen MR) is 165 cm³/mol. The highest BCUT2D eigenvalue weighted by Gasteiger charge is 2.48. The molecule has 1 saturated heterocycles. The first-order chi connectivity index (χ1) is 20.1. The van der Waals surface area contributed by atoms with Crippen molar-refractivity contribution in [1.29, 1.82) is 0 Å². The Labute approximate surface area is 256 Å². The fourth-order valence-electron chi connectivity index (χ4n) is 5.56. The van der Waals surface area contributed by atoms with Crippen LogP contribution in [-0.2, 0) is 19.6 Å².